The van der Waals surface area contributed by atoms with E-state index < -0.39 is 0 Å². The molecule has 1 aromatic heterocycles. The van der Waals surface area contributed by atoms with E-state index in [1.807, 2.05) is 19.1 Å². The highest BCUT2D eigenvalue weighted by Crippen LogP contribution is 2.36. The summed E-state index contributed by atoms with van der Waals surface area (Å²) in [5.74, 6) is 0.400. The number of nitrogens with zero attached hydrogens (tertiary/aromatic N) is 2. The van der Waals surface area contributed by atoms with Crippen molar-refractivity contribution in [2.24, 2.45) is 0 Å². The minimum Gasteiger partial charge on any atom is -0.376 e. The molecule has 152 valence electrons. The number of hydrogen-bond acceptors (Lipinski definition) is 5. The standard InChI is InChI=1S/C22H23ClN2O2S2/c1-14-5-8-17(9-6-14)28-13-19(26)25(12-16-4-3-11-27-16)22-24-20-15(2)7-10-18(23)21(20)29-22/h5-10,16H,3-4,11-13H2,1-2H3. The van der Waals surface area contributed by atoms with Gasteiger partial charge < -0.3 is 4.74 Å². The molecule has 0 aliphatic carbocycles. The Morgan fingerprint density at radius 2 is 2.07 bits per heavy atom. The molecule has 0 spiro atoms. The molecule has 4 nitrogen and oxygen atoms in total. The monoisotopic (exact) mass is 446 g/mol. The van der Waals surface area contributed by atoms with Gasteiger partial charge >= 0.3 is 0 Å². The van der Waals surface area contributed by atoms with Crippen LogP contribution in [0.3, 0.4) is 0 Å². The van der Waals surface area contributed by atoms with E-state index in [0.717, 1.165) is 40.1 Å². The predicted octanol–water partition coefficient (Wildman–Crippen LogP) is 5.87. The van der Waals surface area contributed by atoms with Crippen LogP contribution in [0.4, 0.5) is 5.13 Å². The molecule has 1 fully saturated rings. The third-order valence-electron chi connectivity index (χ3n) is 5.01. The number of aryl methyl sites for hydroxylation is 2. The normalized spacial score (nSPS) is 16.4. The average Bonchev–Trinajstić information content (AvgIpc) is 3.39. The number of carbonyl (C=O) groups excluding carboxylic acids is 1. The largest absolute Gasteiger partial charge is 0.376 e. The second-order valence-electron chi connectivity index (χ2n) is 7.28. The summed E-state index contributed by atoms with van der Waals surface area (Å²) in [5, 5.41) is 1.37. The highest BCUT2D eigenvalue weighted by Gasteiger charge is 2.26. The first-order valence-electron chi connectivity index (χ1n) is 9.68. The highest BCUT2D eigenvalue weighted by atomic mass is 35.5. The van der Waals surface area contributed by atoms with Crippen LogP contribution in [0.2, 0.25) is 5.02 Å². The fraction of sp³-hybridized carbons (Fsp3) is 0.364. The van der Waals surface area contributed by atoms with Crippen molar-refractivity contribution in [3.63, 3.8) is 0 Å². The lowest BCUT2D eigenvalue weighted by Crippen LogP contribution is -2.38. The summed E-state index contributed by atoms with van der Waals surface area (Å²) in [6, 6.07) is 12.1. The van der Waals surface area contributed by atoms with Crippen LogP contribution >= 0.6 is 34.7 Å². The molecule has 1 aliphatic heterocycles. The van der Waals surface area contributed by atoms with E-state index in [2.05, 4.69) is 31.2 Å². The van der Waals surface area contributed by atoms with Crippen molar-refractivity contribution in [3.8, 4) is 0 Å². The minimum absolute atomic E-state index is 0.0407. The van der Waals surface area contributed by atoms with Crippen molar-refractivity contribution in [1.82, 2.24) is 4.98 Å². The first kappa shape index (κ1) is 20.7. The van der Waals surface area contributed by atoms with Crippen LogP contribution in [-0.2, 0) is 9.53 Å². The van der Waals surface area contributed by atoms with Crippen molar-refractivity contribution < 1.29 is 9.53 Å². The average molecular weight is 447 g/mol. The summed E-state index contributed by atoms with van der Waals surface area (Å²) in [7, 11) is 0. The number of rotatable bonds is 6. The van der Waals surface area contributed by atoms with Gasteiger partial charge in [0, 0.05) is 11.5 Å². The number of thiazole rings is 1. The Morgan fingerprint density at radius 3 is 2.76 bits per heavy atom. The summed E-state index contributed by atoms with van der Waals surface area (Å²) in [4.78, 5) is 20.9. The lowest BCUT2D eigenvalue weighted by atomic mass is 10.2. The Labute approximate surface area is 184 Å². The molecule has 0 saturated carbocycles. The van der Waals surface area contributed by atoms with E-state index in [0.29, 0.717) is 22.5 Å². The molecule has 2 aromatic carbocycles. The van der Waals surface area contributed by atoms with E-state index in [4.69, 9.17) is 21.3 Å². The second-order valence-corrected chi connectivity index (χ2v) is 9.71. The molecule has 1 saturated heterocycles. The molecule has 1 amide bonds. The van der Waals surface area contributed by atoms with Gasteiger partial charge in [-0.15, -0.1) is 11.8 Å². The zero-order valence-electron chi connectivity index (χ0n) is 16.5. The van der Waals surface area contributed by atoms with E-state index in [-0.39, 0.29) is 12.0 Å². The number of carbonyl (C=O) groups is 1. The van der Waals surface area contributed by atoms with Gasteiger partial charge in [-0.3, -0.25) is 9.69 Å². The number of benzene rings is 2. The van der Waals surface area contributed by atoms with Gasteiger partial charge in [-0.25, -0.2) is 4.98 Å². The molecule has 1 unspecified atom stereocenters. The lowest BCUT2D eigenvalue weighted by Gasteiger charge is -2.23. The maximum atomic E-state index is 13.2. The predicted molar refractivity (Wildman–Crippen MR) is 123 cm³/mol. The number of aromatic nitrogens is 1. The first-order chi connectivity index (χ1) is 14.0. The number of amides is 1. The smallest absolute Gasteiger partial charge is 0.239 e. The van der Waals surface area contributed by atoms with Gasteiger partial charge in [-0.2, -0.15) is 0 Å². The number of hydrogen-bond donors (Lipinski definition) is 0. The fourth-order valence-corrected chi connectivity index (χ4v) is 5.46. The maximum absolute atomic E-state index is 13.2. The quantitative estimate of drug-likeness (QED) is 0.444. The molecule has 0 radical (unpaired) electrons. The molecule has 0 N–H and O–H groups in total. The number of anilines is 1. The minimum atomic E-state index is 0.0407. The number of fused-ring (bicyclic) bond motifs is 1. The van der Waals surface area contributed by atoms with Crippen molar-refractivity contribution in [3.05, 3.63) is 52.5 Å². The number of thioether (sulfide) groups is 1. The van der Waals surface area contributed by atoms with Crippen LogP contribution in [0.1, 0.15) is 24.0 Å². The Hall–Kier alpha value is -1.60. The van der Waals surface area contributed by atoms with Crippen molar-refractivity contribution in [2.45, 2.75) is 37.7 Å². The molecule has 2 heterocycles. The molecule has 3 aromatic rings. The van der Waals surface area contributed by atoms with Crippen LogP contribution in [0.5, 0.6) is 0 Å². The Morgan fingerprint density at radius 1 is 1.28 bits per heavy atom. The molecule has 4 rings (SSSR count). The van der Waals surface area contributed by atoms with Gasteiger partial charge in [0.25, 0.3) is 0 Å². The van der Waals surface area contributed by atoms with Crippen molar-refractivity contribution >= 4 is 56.0 Å². The summed E-state index contributed by atoms with van der Waals surface area (Å²) in [6.07, 6.45) is 2.07. The van der Waals surface area contributed by atoms with E-state index >= 15 is 0 Å². The summed E-state index contributed by atoms with van der Waals surface area (Å²) >= 11 is 9.42. The Bertz CT molecular complexity index is 975. The molecular formula is C22H23ClN2O2S2. The molecule has 1 atom stereocenters. The van der Waals surface area contributed by atoms with E-state index in [1.54, 1.807) is 16.7 Å². The van der Waals surface area contributed by atoms with Crippen molar-refractivity contribution in [2.75, 3.05) is 23.8 Å². The van der Waals surface area contributed by atoms with Gasteiger partial charge in [0.15, 0.2) is 5.13 Å². The van der Waals surface area contributed by atoms with Gasteiger partial charge in [-0.1, -0.05) is 46.7 Å². The van der Waals surface area contributed by atoms with Crippen LogP contribution in [0.15, 0.2) is 41.3 Å². The molecule has 0 bridgehead atoms. The molecular weight excluding hydrogens is 424 g/mol. The van der Waals surface area contributed by atoms with Crippen LogP contribution in [0.25, 0.3) is 10.2 Å². The Balaban J connectivity index is 1.58. The molecule has 29 heavy (non-hydrogen) atoms. The molecule has 7 heteroatoms. The second kappa shape index (κ2) is 9.04. The van der Waals surface area contributed by atoms with E-state index in [1.165, 1.54) is 16.9 Å². The lowest BCUT2D eigenvalue weighted by molar-refractivity contribution is -0.116. The SMILES string of the molecule is Cc1ccc(SCC(=O)N(CC2CCCO2)c2nc3c(C)ccc(Cl)c3s2)cc1. The fourth-order valence-electron chi connectivity index (χ4n) is 3.34. The van der Waals surface area contributed by atoms with E-state index in [9.17, 15) is 4.79 Å². The van der Waals surface area contributed by atoms with Crippen LogP contribution < -0.4 is 4.90 Å². The zero-order valence-corrected chi connectivity index (χ0v) is 18.9. The van der Waals surface area contributed by atoms with Crippen LogP contribution in [-0.4, -0.2) is 35.9 Å². The topological polar surface area (TPSA) is 42.4 Å². The highest BCUT2D eigenvalue weighted by molar-refractivity contribution is 8.00. The maximum Gasteiger partial charge on any atom is 0.239 e. The summed E-state index contributed by atoms with van der Waals surface area (Å²) in [6.45, 7) is 5.37. The van der Waals surface area contributed by atoms with Gasteiger partial charge in [0.1, 0.15) is 0 Å². The summed E-state index contributed by atoms with van der Waals surface area (Å²) < 4.78 is 6.73. The van der Waals surface area contributed by atoms with Gasteiger partial charge in [0.2, 0.25) is 5.91 Å². The first-order valence-corrected chi connectivity index (χ1v) is 11.9. The van der Waals surface area contributed by atoms with Gasteiger partial charge in [0.05, 0.1) is 33.6 Å². The van der Waals surface area contributed by atoms with Crippen LogP contribution in [0, 0.1) is 13.8 Å². The third-order valence-corrected chi connectivity index (χ3v) is 7.55. The Kier molecular flexibility index (Phi) is 6.44. The van der Waals surface area contributed by atoms with Gasteiger partial charge in [-0.05, 0) is 50.5 Å². The molecule has 1 aliphatic rings. The number of ether oxygens (including phenoxy) is 1. The third kappa shape index (κ3) is 4.77. The summed E-state index contributed by atoms with van der Waals surface area (Å²) in [5.41, 5.74) is 3.14. The number of halogens is 1. The zero-order chi connectivity index (χ0) is 20.4. The van der Waals surface area contributed by atoms with Crippen molar-refractivity contribution in [1.29, 1.82) is 0 Å².